The Bertz CT molecular complexity index is 1030. The summed E-state index contributed by atoms with van der Waals surface area (Å²) in [6.45, 7) is 9.72. The predicted molar refractivity (Wildman–Crippen MR) is 135 cm³/mol. The van der Waals surface area contributed by atoms with Gasteiger partial charge in [0.1, 0.15) is 12.6 Å². The molecule has 3 rings (SSSR count). The average Bonchev–Trinajstić information content (AvgIpc) is 3.11. The first-order chi connectivity index (χ1) is 16.5. The summed E-state index contributed by atoms with van der Waals surface area (Å²) in [6, 6.07) is 15.2. The third-order valence-corrected chi connectivity index (χ3v) is 6.30. The van der Waals surface area contributed by atoms with Crippen molar-refractivity contribution in [2.75, 3.05) is 13.2 Å². The Morgan fingerprint density at radius 2 is 1.51 bits per heavy atom. The van der Waals surface area contributed by atoms with Gasteiger partial charge in [-0.1, -0.05) is 83.1 Å². The fraction of sp³-hybridized carbons (Fsp3) is 0.464. The highest BCUT2D eigenvalue weighted by molar-refractivity contribution is 5.85. The van der Waals surface area contributed by atoms with Gasteiger partial charge in [-0.25, -0.2) is 9.59 Å². The fourth-order valence-corrected chi connectivity index (χ4v) is 4.64. The van der Waals surface area contributed by atoms with Crippen molar-refractivity contribution in [2.24, 2.45) is 17.3 Å². The van der Waals surface area contributed by atoms with Gasteiger partial charge in [0, 0.05) is 12.5 Å². The van der Waals surface area contributed by atoms with Crippen LogP contribution in [0.4, 0.5) is 4.79 Å². The largest absolute Gasteiger partial charge is 0.480 e. The van der Waals surface area contributed by atoms with Crippen LogP contribution in [0.15, 0.2) is 48.5 Å². The van der Waals surface area contributed by atoms with Crippen molar-refractivity contribution in [1.82, 2.24) is 10.6 Å². The number of alkyl carbamates (subject to hydrolysis) is 1. The molecule has 1 unspecified atom stereocenters. The molecule has 0 radical (unpaired) electrons. The van der Waals surface area contributed by atoms with Crippen LogP contribution in [0, 0.1) is 17.3 Å². The van der Waals surface area contributed by atoms with Gasteiger partial charge in [0.05, 0.1) is 5.92 Å². The number of carbonyl (C=O) groups is 3. The van der Waals surface area contributed by atoms with E-state index in [2.05, 4.69) is 34.9 Å². The van der Waals surface area contributed by atoms with Crippen LogP contribution in [0.25, 0.3) is 11.1 Å². The Labute approximate surface area is 207 Å². The number of ether oxygens (including phenoxy) is 1. The third kappa shape index (κ3) is 6.62. The molecule has 7 heteroatoms. The molecule has 2 atom stereocenters. The van der Waals surface area contributed by atoms with Crippen molar-refractivity contribution in [2.45, 2.75) is 53.0 Å². The molecule has 0 fully saturated rings. The van der Waals surface area contributed by atoms with E-state index < -0.39 is 24.0 Å². The van der Waals surface area contributed by atoms with Gasteiger partial charge in [0.25, 0.3) is 0 Å². The lowest BCUT2D eigenvalue weighted by Crippen LogP contribution is -2.49. The molecule has 2 aromatic carbocycles. The lowest BCUT2D eigenvalue weighted by Gasteiger charge is -2.27. The molecule has 7 nitrogen and oxygen atoms in total. The van der Waals surface area contributed by atoms with E-state index in [1.165, 1.54) is 0 Å². The number of fused-ring (bicyclic) bond motifs is 3. The van der Waals surface area contributed by atoms with Crippen LogP contribution in [0.3, 0.4) is 0 Å². The van der Waals surface area contributed by atoms with E-state index >= 15 is 0 Å². The second-order valence-corrected chi connectivity index (χ2v) is 10.7. The third-order valence-electron chi connectivity index (χ3n) is 6.30. The minimum absolute atomic E-state index is 0.0517. The molecule has 0 aliphatic heterocycles. The maximum absolute atomic E-state index is 12.9. The second-order valence-electron chi connectivity index (χ2n) is 10.7. The lowest BCUT2D eigenvalue weighted by molar-refractivity contribution is -0.143. The van der Waals surface area contributed by atoms with E-state index in [0.717, 1.165) is 22.3 Å². The molecule has 0 heterocycles. The molecule has 0 spiro atoms. The number of hydrogen-bond donors (Lipinski definition) is 3. The molecular formula is C28H36N2O5. The quantitative estimate of drug-likeness (QED) is 0.478. The van der Waals surface area contributed by atoms with Crippen LogP contribution >= 0.6 is 0 Å². The minimum atomic E-state index is -1.08. The topological polar surface area (TPSA) is 105 Å². The maximum atomic E-state index is 12.9. The van der Waals surface area contributed by atoms with Crippen LogP contribution in [0.5, 0.6) is 0 Å². The van der Waals surface area contributed by atoms with Gasteiger partial charge in [0.2, 0.25) is 5.91 Å². The van der Waals surface area contributed by atoms with Gasteiger partial charge in [-0.2, -0.15) is 0 Å². The smallest absolute Gasteiger partial charge is 0.407 e. The summed E-state index contributed by atoms with van der Waals surface area (Å²) in [7, 11) is 0. The van der Waals surface area contributed by atoms with Gasteiger partial charge >= 0.3 is 12.1 Å². The van der Waals surface area contributed by atoms with E-state index in [1.807, 2.05) is 45.0 Å². The molecule has 1 aliphatic rings. The van der Waals surface area contributed by atoms with Crippen LogP contribution < -0.4 is 10.6 Å². The molecule has 3 N–H and O–H groups in total. The number of nitrogens with one attached hydrogen (secondary N) is 2. The number of hydrogen-bond acceptors (Lipinski definition) is 4. The Kier molecular flexibility index (Phi) is 8.20. The van der Waals surface area contributed by atoms with Crippen LogP contribution in [-0.4, -0.2) is 42.3 Å². The molecule has 1 aliphatic carbocycles. The summed E-state index contributed by atoms with van der Waals surface area (Å²) in [5, 5.41) is 14.8. The van der Waals surface area contributed by atoms with Gasteiger partial charge in [-0.05, 0) is 40.0 Å². The molecule has 2 amide bonds. The van der Waals surface area contributed by atoms with Crippen LogP contribution in [-0.2, 0) is 14.3 Å². The summed E-state index contributed by atoms with van der Waals surface area (Å²) in [4.78, 5) is 37.1. The number of amides is 2. The zero-order valence-electron chi connectivity index (χ0n) is 21.1. The predicted octanol–water partition coefficient (Wildman–Crippen LogP) is 4.80. The van der Waals surface area contributed by atoms with Crippen molar-refractivity contribution in [3.63, 3.8) is 0 Å². The summed E-state index contributed by atoms with van der Waals surface area (Å²) in [5.74, 6) is -2.37. The molecule has 188 valence electrons. The fourth-order valence-electron chi connectivity index (χ4n) is 4.64. The average molecular weight is 481 g/mol. The van der Waals surface area contributed by atoms with E-state index in [9.17, 15) is 19.5 Å². The van der Waals surface area contributed by atoms with Crippen molar-refractivity contribution >= 4 is 18.0 Å². The number of rotatable bonds is 9. The zero-order valence-corrected chi connectivity index (χ0v) is 21.1. The van der Waals surface area contributed by atoms with E-state index in [-0.39, 0.29) is 36.3 Å². The zero-order chi connectivity index (χ0) is 25.8. The van der Waals surface area contributed by atoms with Crippen LogP contribution in [0.1, 0.15) is 58.1 Å². The highest BCUT2D eigenvalue weighted by Crippen LogP contribution is 2.44. The van der Waals surface area contributed by atoms with Crippen molar-refractivity contribution in [3.05, 3.63) is 59.7 Å². The number of carboxylic acids is 1. The second kappa shape index (κ2) is 10.9. The van der Waals surface area contributed by atoms with Crippen molar-refractivity contribution < 1.29 is 24.2 Å². The molecule has 2 aromatic rings. The van der Waals surface area contributed by atoms with E-state index in [4.69, 9.17) is 4.74 Å². The first-order valence-corrected chi connectivity index (χ1v) is 12.1. The lowest BCUT2D eigenvalue weighted by atomic mass is 9.84. The van der Waals surface area contributed by atoms with Crippen LogP contribution in [0.2, 0.25) is 0 Å². The Hall–Kier alpha value is -3.35. The maximum Gasteiger partial charge on any atom is 0.407 e. The summed E-state index contributed by atoms with van der Waals surface area (Å²) < 4.78 is 5.58. The molecular weight excluding hydrogens is 444 g/mol. The molecule has 35 heavy (non-hydrogen) atoms. The van der Waals surface area contributed by atoms with Gasteiger partial charge < -0.3 is 20.5 Å². The standard InChI is InChI=1S/C28H36N2O5/c1-17(2)24(26(32)33)30-25(31)18(14-28(3,4)5)15-29-27(34)35-16-23-21-12-8-6-10-19(21)20-11-7-9-13-22(20)23/h6-13,17-18,23-24H,14-16H2,1-5H3,(H,29,34)(H,30,31)(H,32,33)/t18?,24-/m1/s1. The highest BCUT2D eigenvalue weighted by Gasteiger charge is 2.32. The van der Waals surface area contributed by atoms with E-state index in [1.54, 1.807) is 13.8 Å². The van der Waals surface area contributed by atoms with Gasteiger partial charge in [0.15, 0.2) is 0 Å². The SMILES string of the molecule is CC(C)[C@@H](NC(=O)C(CNC(=O)OCC1c2ccccc2-c2ccccc21)CC(C)(C)C)C(=O)O. The summed E-state index contributed by atoms with van der Waals surface area (Å²) >= 11 is 0. The molecule has 0 bridgehead atoms. The highest BCUT2D eigenvalue weighted by atomic mass is 16.5. The first kappa shape index (κ1) is 26.3. The molecule has 0 aromatic heterocycles. The number of aliphatic carboxylic acids is 1. The van der Waals surface area contributed by atoms with Crippen molar-refractivity contribution in [1.29, 1.82) is 0 Å². The monoisotopic (exact) mass is 480 g/mol. The Morgan fingerprint density at radius 1 is 0.971 bits per heavy atom. The normalized spacial score (nSPS) is 14.6. The van der Waals surface area contributed by atoms with E-state index in [0.29, 0.717) is 6.42 Å². The first-order valence-electron chi connectivity index (χ1n) is 12.1. The molecule has 0 saturated carbocycles. The van der Waals surface area contributed by atoms with Crippen molar-refractivity contribution in [3.8, 4) is 11.1 Å². The summed E-state index contributed by atoms with van der Waals surface area (Å²) in [5.41, 5.74) is 4.36. The van der Waals surface area contributed by atoms with Gasteiger partial charge in [-0.15, -0.1) is 0 Å². The number of carboxylic acid groups (broad SMARTS) is 1. The minimum Gasteiger partial charge on any atom is -0.480 e. The Morgan fingerprint density at radius 3 is 2.00 bits per heavy atom. The number of carbonyl (C=O) groups excluding carboxylic acids is 2. The number of benzene rings is 2. The van der Waals surface area contributed by atoms with Gasteiger partial charge in [-0.3, -0.25) is 4.79 Å². The summed E-state index contributed by atoms with van der Waals surface area (Å²) in [6.07, 6.45) is -0.121. The Balaban J connectivity index is 1.63. The molecule has 0 saturated heterocycles.